The van der Waals surface area contributed by atoms with E-state index in [0.29, 0.717) is 6.04 Å². The lowest BCUT2D eigenvalue weighted by Crippen LogP contribution is -2.57. The summed E-state index contributed by atoms with van der Waals surface area (Å²) < 4.78 is 0. The summed E-state index contributed by atoms with van der Waals surface area (Å²) in [7, 11) is 6.03. The normalized spacial score (nSPS) is 22.2. The lowest BCUT2D eigenvalue weighted by molar-refractivity contribution is -0.124. The summed E-state index contributed by atoms with van der Waals surface area (Å²) in [6.45, 7) is 10.6. The minimum atomic E-state index is -0.624. The molecule has 0 aromatic rings. The molecule has 6 nitrogen and oxygen atoms in total. The molecule has 3 N–H and O–H groups in total. The summed E-state index contributed by atoms with van der Waals surface area (Å²) in [6, 6.07) is 0.353. The van der Waals surface area contributed by atoms with Crippen molar-refractivity contribution in [1.29, 1.82) is 0 Å². The third kappa shape index (κ3) is 5.54. The minimum Gasteiger partial charge on any atom is -0.368 e. The lowest BCUT2D eigenvalue weighted by atomic mass is 9.92. The van der Waals surface area contributed by atoms with Crippen molar-refractivity contribution < 1.29 is 4.79 Å². The average Bonchev–Trinajstić information content (AvgIpc) is 2.45. The molecule has 1 aliphatic heterocycles. The Balaban J connectivity index is 2.41. The SMILES string of the molecule is CNC(C)(CC(C)N1CCN(CCN(C)C)CC1)C(N)=O. The van der Waals surface area contributed by atoms with Crippen molar-refractivity contribution in [2.45, 2.75) is 31.8 Å². The number of amides is 1. The first-order valence-electron chi connectivity index (χ1n) is 7.88. The molecule has 0 bridgehead atoms. The Morgan fingerprint density at radius 2 is 1.90 bits per heavy atom. The van der Waals surface area contributed by atoms with Gasteiger partial charge in [-0.05, 0) is 41.4 Å². The number of carbonyl (C=O) groups is 1. The van der Waals surface area contributed by atoms with Crippen molar-refractivity contribution >= 4 is 5.91 Å². The van der Waals surface area contributed by atoms with E-state index in [0.717, 1.165) is 45.7 Å². The zero-order valence-electron chi connectivity index (χ0n) is 14.4. The average molecular weight is 299 g/mol. The number of primary amides is 1. The number of hydrogen-bond acceptors (Lipinski definition) is 5. The van der Waals surface area contributed by atoms with E-state index in [2.05, 4.69) is 41.0 Å². The first-order chi connectivity index (χ1) is 9.78. The van der Waals surface area contributed by atoms with Crippen LogP contribution < -0.4 is 11.1 Å². The molecule has 1 rings (SSSR count). The van der Waals surface area contributed by atoms with Crippen LogP contribution in [0, 0.1) is 0 Å². The van der Waals surface area contributed by atoms with Crippen molar-refractivity contribution in [2.24, 2.45) is 5.73 Å². The van der Waals surface area contributed by atoms with E-state index >= 15 is 0 Å². The van der Waals surface area contributed by atoms with E-state index in [1.165, 1.54) is 0 Å². The van der Waals surface area contributed by atoms with Gasteiger partial charge in [0.15, 0.2) is 0 Å². The molecule has 0 spiro atoms. The highest BCUT2D eigenvalue weighted by Crippen LogP contribution is 2.17. The van der Waals surface area contributed by atoms with Gasteiger partial charge in [-0.25, -0.2) is 0 Å². The van der Waals surface area contributed by atoms with Gasteiger partial charge in [-0.1, -0.05) is 0 Å². The first-order valence-corrected chi connectivity index (χ1v) is 7.88. The fourth-order valence-electron chi connectivity index (χ4n) is 2.81. The van der Waals surface area contributed by atoms with E-state index in [-0.39, 0.29) is 5.91 Å². The second-order valence-corrected chi connectivity index (χ2v) is 6.68. The van der Waals surface area contributed by atoms with Crippen LogP contribution in [-0.2, 0) is 4.79 Å². The molecule has 1 saturated heterocycles. The van der Waals surface area contributed by atoms with Gasteiger partial charge in [-0.2, -0.15) is 0 Å². The Morgan fingerprint density at radius 3 is 2.33 bits per heavy atom. The molecule has 0 radical (unpaired) electrons. The predicted molar refractivity (Wildman–Crippen MR) is 87.3 cm³/mol. The summed E-state index contributed by atoms with van der Waals surface area (Å²) in [5.74, 6) is -0.276. The molecule has 2 atom stereocenters. The van der Waals surface area contributed by atoms with Crippen LogP contribution in [-0.4, -0.2) is 92.6 Å². The van der Waals surface area contributed by atoms with Gasteiger partial charge in [0.25, 0.3) is 0 Å². The summed E-state index contributed by atoms with van der Waals surface area (Å²) in [5.41, 5.74) is 4.89. The van der Waals surface area contributed by atoms with Gasteiger partial charge in [0.2, 0.25) is 5.91 Å². The molecule has 124 valence electrons. The molecule has 6 heteroatoms. The van der Waals surface area contributed by atoms with E-state index in [1.807, 2.05) is 6.92 Å². The number of hydrogen-bond donors (Lipinski definition) is 2. The maximum Gasteiger partial charge on any atom is 0.237 e. The van der Waals surface area contributed by atoms with Crippen LogP contribution in [0.1, 0.15) is 20.3 Å². The van der Waals surface area contributed by atoms with Crippen LogP contribution in [0.2, 0.25) is 0 Å². The molecule has 1 heterocycles. The van der Waals surface area contributed by atoms with Crippen LogP contribution in [0.15, 0.2) is 0 Å². The maximum atomic E-state index is 11.6. The van der Waals surface area contributed by atoms with Gasteiger partial charge >= 0.3 is 0 Å². The zero-order valence-corrected chi connectivity index (χ0v) is 14.4. The Bertz CT molecular complexity index is 328. The van der Waals surface area contributed by atoms with Gasteiger partial charge in [-0.3, -0.25) is 14.6 Å². The molecule has 1 fully saturated rings. The maximum absolute atomic E-state index is 11.6. The number of nitrogens with zero attached hydrogens (tertiary/aromatic N) is 3. The van der Waals surface area contributed by atoms with Gasteiger partial charge in [-0.15, -0.1) is 0 Å². The van der Waals surface area contributed by atoms with Gasteiger partial charge < -0.3 is 16.0 Å². The molecule has 21 heavy (non-hydrogen) atoms. The minimum absolute atomic E-state index is 0.276. The molecule has 1 aliphatic rings. The first kappa shape index (κ1) is 18.4. The Labute approximate surface area is 129 Å². The molecule has 1 amide bonds. The van der Waals surface area contributed by atoms with Crippen molar-refractivity contribution in [3.05, 3.63) is 0 Å². The van der Waals surface area contributed by atoms with Crippen LogP contribution in [0.3, 0.4) is 0 Å². The number of rotatable bonds is 8. The van der Waals surface area contributed by atoms with Crippen molar-refractivity contribution in [2.75, 3.05) is 60.4 Å². The second kappa shape index (κ2) is 8.08. The monoisotopic (exact) mass is 299 g/mol. The van der Waals surface area contributed by atoms with Crippen LogP contribution in [0.25, 0.3) is 0 Å². The Kier molecular flexibility index (Phi) is 7.06. The van der Waals surface area contributed by atoms with Crippen molar-refractivity contribution in [3.8, 4) is 0 Å². The smallest absolute Gasteiger partial charge is 0.237 e. The zero-order chi connectivity index (χ0) is 16.0. The third-order valence-corrected chi connectivity index (χ3v) is 4.69. The number of nitrogens with one attached hydrogen (secondary N) is 1. The van der Waals surface area contributed by atoms with Crippen LogP contribution in [0.5, 0.6) is 0 Å². The second-order valence-electron chi connectivity index (χ2n) is 6.68. The molecule has 2 unspecified atom stereocenters. The quantitative estimate of drug-likeness (QED) is 0.627. The fraction of sp³-hybridized carbons (Fsp3) is 0.933. The molecule has 0 aromatic carbocycles. The fourth-order valence-corrected chi connectivity index (χ4v) is 2.81. The standard InChI is InChI=1S/C15H33N5O/c1-13(12-15(2,17-3)14(16)21)20-10-8-19(9-11-20)7-6-18(4)5/h13,17H,6-12H2,1-5H3,(H2,16,21). The summed E-state index contributed by atoms with van der Waals surface area (Å²) in [4.78, 5) is 18.8. The summed E-state index contributed by atoms with van der Waals surface area (Å²) >= 11 is 0. The van der Waals surface area contributed by atoms with E-state index in [9.17, 15) is 4.79 Å². The number of carbonyl (C=O) groups excluding carboxylic acids is 1. The number of nitrogens with two attached hydrogens (primary N) is 1. The van der Waals surface area contributed by atoms with Gasteiger partial charge in [0.05, 0.1) is 5.54 Å². The molecular weight excluding hydrogens is 266 g/mol. The molecule has 0 aromatic heterocycles. The largest absolute Gasteiger partial charge is 0.368 e. The topological polar surface area (TPSA) is 64.8 Å². The predicted octanol–water partition coefficient (Wildman–Crippen LogP) is -0.592. The third-order valence-electron chi connectivity index (χ3n) is 4.69. The van der Waals surface area contributed by atoms with Crippen molar-refractivity contribution in [1.82, 2.24) is 20.0 Å². The molecular formula is C15H33N5O. The van der Waals surface area contributed by atoms with E-state index < -0.39 is 5.54 Å². The van der Waals surface area contributed by atoms with Gasteiger partial charge in [0.1, 0.15) is 0 Å². The Hall–Kier alpha value is -0.690. The highest BCUT2D eigenvalue weighted by atomic mass is 16.1. The van der Waals surface area contributed by atoms with Crippen molar-refractivity contribution in [3.63, 3.8) is 0 Å². The molecule has 0 saturated carbocycles. The lowest BCUT2D eigenvalue weighted by Gasteiger charge is -2.40. The van der Waals surface area contributed by atoms with E-state index in [1.54, 1.807) is 7.05 Å². The van der Waals surface area contributed by atoms with Gasteiger partial charge in [0, 0.05) is 45.3 Å². The highest BCUT2D eigenvalue weighted by Gasteiger charge is 2.33. The Morgan fingerprint density at radius 1 is 1.33 bits per heavy atom. The summed E-state index contributed by atoms with van der Waals surface area (Å²) in [5, 5.41) is 3.07. The van der Waals surface area contributed by atoms with Crippen LogP contribution in [0.4, 0.5) is 0 Å². The van der Waals surface area contributed by atoms with Crippen LogP contribution >= 0.6 is 0 Å². The summed E-state index contributed by atoms with van der Waals surface area (Å²) in [6.07, 6.45) is 0.747. The highest BCUT2D eigenvalue weighted by molar-refractivity contribution is 5.84. The van der Waals surface area contributed by atoms with E-state index in [4.69, 9.17) is 5.73 Å². The molecule has 0 aliphatic carbocycles. The number of piperazine rings is 1. The number of likely N-dealkylation sites (N-methyl/N-ethyl adjacent to an activating group) is 2.